The summed E-state index contributed by atoms with van der Waals surface area (Å²) in [7, 11) is 1.24. The van der Waals surface area contributed by atoms with Gasteiger partial charge in [0.05, 0.1) is 12.0 Å². The van der Waals surface area contributed by atoms with Gasteiger partial charge in [0.25, 0.3) is 5.91 Å². The van der Waals surface area contributed by atoms with Crippen molar-refractivity contribution in [1.29, 1.82) is 0 Å². The lowest BCUT2D eigenvalue weighted by Gasteiger charge is -2.07. The van der Waals surface area contributed by atoms with Crippen LogP contribution in [0.1, 0.15) is 10.4 Å². The number of hydrogen-bond acceptors (Lipinski definition) is 4. The van der Waals surface area contributed by atoms with Gasteiger partial charge in [-0.15, -0.1) is 0 Å². The Hall–Kier alpha value is -1.63. The molecular weight excluding hydrogens is 268 g/mol. The average Bonchev–Trinajstić information content (AvgIpc) is 2.15. The predicted octanol–water partition coefficient (Wildman–Crippen LogP) is 1.46. The second-order valence-electron chi connectivity index (χ2n) is 2.60. The summed E-state index contributed by atoms with van der Waals surface area (Å²) in [6.07, 6.45) is 0. The van der Waals surface area contributed by atoms with E-state index in [1.807, 2.05) is 0 Å². The number of amides is 1. The first kappa shape index (κ1) is 11.4. The molecule has 0 aliphatic carbocycles. The molecule has 1 aromatic rings. The van der Waals surface area contributed by atoms with Crippen molar-refractivity contribution in [3.63, 3.8) is 0 Å². The van der Waals surface area contributed by atoms with Crippen LogP contribution in [-0.2, 0) is 0 Å². The van der Waals surface area contributed by atoms with Gasteiger partial charge in [0.1, 0.15) is 5.56 Å². The zero-order chi connectivity index (χ0) is 11.6. The Bertz CT molecular complexity index is 433. The van der Waals surface area contributed by atoms with Crippen LogP contribution in [0.4, 0.5) is 5.69 Å². The number of nitrogens with two attached hydrogens (primary N) is 1. The Balaban J connectivity index is 3.54. The Labute approximate surface area is 93.3 Å². The molecule has 7 heteroatoms. The van der Waals surface area contributed by atoms with Crippen molar-refractivity contribution < 1.29 is 14.5 Å². The molecule has 0 aliphatic rings. The van der Waals surface area contributed by atoms with Gasteiger partial charge in [-0.25, -0.2) is 0 Å². The van der Waals surface area contributed by atoms with E-state index in [2.05, 4.69) is 15.9 Å². The molecular formula is C8H7BrN2O4. The first-order valence-electron chi connectivity index (χ1n) is 3.79. The first-order chi connectivity index (χ1) is 6.99. The van der Waals surface area contributed by atoms with E-state index in [0.29, 0.717) is 4.47 Å². The van der Waals surface area contributed by atoms with Crippen molar-refractivity contribution in [2.75, 3.05) is 7.11 Å². The lowest BCUT2D eigenvalue weighted by Crippen LogP contribution is -2.14. The van der Waals surface area contributed by atoms with E-state index in [1.165, 1.54) is 19.2 Å². The third-order valence-corrected chi connectivity index (χ3v) is 2.39. The number of hydrogen-bond donors (Lipinski definition) is 1. The molecule has 2 N–H and O–H groups in total. The van der Waals surface area contributed by atoms with Crippen LogP contribution in [-0.4, -0.2) is 17.9 Å². The number of carbonyl (C=O) groups is 1. The molecule has 0 saturated carbocycles. The second-order valence-corrected chi connectivity index (χ2v) is 3.45. The largest absolute Gasteiger partial charge is 0.490 e. The van der Waals surface area contributed by atoms with Crippen LogP contribution in [0.15, 0.2) is 16.6 Å². The van der Waals surface area contributed by atoms with Gasteiger partial charge in [-0.3, -0.25) is 14.9 Å². The number of primary amides is 1. The van der Waals surface area contributed by atoms with Crippen LogP contribution in [0.25, 0.3) is 0 Å². The molecule has 1 aromatic carbocycles. The number of ether oxygens (including phenoxy) is 1. The van der Waals surface area contributed by atoms with Crippen molar-refractivity contribution in [2.45, 2.75) is 0 Å². The molecule has 15 heavy (non-hydrogen) atoms. The van der Waals surface area contributed by atoms with E-state index in [-0.39, 0.29) is 17.0 Å². The van der Waals surface area contributed by atoms with Crippen LogP contribution < -0.4 is 10.5 Å². The molecule has 0 fully saturated rings. The molecule has 0 unspecified atom stereocenters. The molecule has 80 valence electrons. The first-order valence-corrected chi connectivity index (χ1v) is 4.59. The van der Waals surface area contributed by atoms with E-state index in [4.69, 9.17) is 10.5 Å². The predicted molar refractivity (Wildman–Crippen MR) is 55.9 cm³/mol. The number of methoxy groups -OCH3 is 1. The third-order valence-electron chi connectivity index (χ3n) is 1.73. The normalized spacial score (nSPS) is 9.73. The van der Waals surface area contributed by atoms with Gasteiger partial charge in [0.2, 0.25) is 5.75 Å². The summed E-state index contributed by atoms with van der Waals surface area (Å²) < 4.78 is 5.17. The van der Waals surface area contributed by atoms with Crippen LogP contribution in [0.5, 0.6) is 5.75 Å². The minimum atomic E-state index is -0.789. The highest BCUT2D eigenvalue weighted by molar-refractivity contribution is 9.10. The van der Waals surface area contributed by atoms with E-state index in [9.17, 15) is 14.9 Å². The van der Waals surface area contributed by atoms with Crippen molar-refractivity contribution >= 4 is 27.5 Å². The molecule has 1 amide bonds. The van der Waals surface area contributed by atoms with Gasteiger partial charge >= 0.3 is 5.69 Å². The van der Waals surface area contributed by atoms with Gasteiger partial charge in [0.15, 0.2) is 0 Å². The molecule has 0 aromatic heterocycles. The monoisotopic (exact) mass is 274 g/mol. The molecule has 0 radical (unpaired) electrons. The second kappa shape index (κ2) is 4.26. The zero-order valence-electron chi connectivity index (χ0n) is 7.69. The van der Waals surface area contributed by atoms with E-state index in [0.717, 1.165) is 0 Å². The maximum Gasteiger partial charge on any atom is 0.311 e. The van der Waals surface area contributed by atoms with Crippen molar-refractivity contribution in [3.05, 3.63) is 32.3 Å². The molecule has 0 heterocycles. The SMILES string of the molecule is COc1c([N+](=O)[O-])ccc(Br)c1C(N)=O. The Morgan fingerprint density at radius 3 is 2.60 bits per heavy atom. The minimum Gasteiger partial charge on any atom is -0.490 e. The van der Waals surface area contributed by atoms with E-state index in [1.54, 1.807) is 0 Å². The van der Waals surface area contributed by atoms with Crippen molar-refractivity contribution in [2.24, 2.45) is 5.73 Å². The maximum absolute atomic E-state index is 11.1. The summed E-state index contributed by atoms with van der Waals surface area (Å²) in [4.78, 5) is 21.0. The molecule has 0 atom stereocenters. The van der Waals surface area contributed by atoms with Crippen LogP contribution in [0.2, 0.25) is 0 Å². The van der Waals surface area contributed by atoms with Gasteiger partial charge in [-0.05, 0) is 22.0 Å². The summed E-state index contributed by atoms with van der Waals surface area (Å²) in [5.74, 6) is -0.927. The molecule has 0 spiro atoms. The Kier molecular flexibility index (Phi) is 3.25. The summed E-state index contributed by atoms with van der Waals surface area (Å²) in [6, 6.07) is 2.61. The van der Waals surface area contributed by atoms with E-state index >= 15 is 0 Å². The van der Waals surface area contributed by atoms with Crippen molar-refractivity contribution in [1.82, 2.24) is 0 Å². The number of nitro groups is 1. The fourth-order valence-corrected chi connectivity index (χ4v) is 1.64. The molecule has 0 bridgehead atoms. The molecule has 0 saturated heterocycles. The fourth-order valence-electron chi connectivity index (χ4n) is 1.13. The standard InChI is InChI=1S/C8H7BrN2O4/c1-15-7-5(11(13)14)3-2-4(9)6(7)8(10)12/h2-3H,1H3,(H2,10,12). The lowest BCUT2D eigenvalue weighted by molar-refractivity contribution is -0.385. The van der Waals surface area contributed by atoms with Gasteiger partial charge in [0, 0.05) is 10.5 Å². The summed E-state index contributed by atoms with van der Waals surface area (Å²) >= 11 is 3.07. The molecule has 1 rings (SSSR count). The average molecular weight is 275 g/mol. The maximum atomic E-state index is 11.1. The van der Waals surface area contributed by atoms with E-state index < -0.39 is 10.8 Å². The quantitative estimate of drug-likeness (QED) is 0.667. The summed E-state index contributed by atoms with van der Waals surface area (Å²) in [5.41, 5.74) is 4.76. The highest BCUT2D eigenvalue weighted by Gasteiger charge is 2.23. The number of rotatable bonds is 3. The summed E-state index contributed by atoms with van der Waals surface area (Å²) in [6.45, 7) is 0. The third kappa shape index (κ3) is 2.07. The summed E-state index contributed by atoms with van der Waals surface area (Å²) in [5, 5.41) is 10.6. The minimum absolute atomic E-state index is 0.0355. The number of nitrogens with zero attached hydrogens (tertiary/aromatic N) is 1. The number of benzene rings is 1. The van der Waals surface area contributed by atoms with Gasteiger partial charge in [-0.2, -0.15) is 0 Å². The highest BCUT2D eigenvalue weighted by atomic mass is 79.9. The molecule has 6 nitrogen and oxygen atoms in total. The number of halogens is 1. The fraction of sp³-hybridized carbons (Fsp3) is 0.125. The van der Waals surface area contributed by atoms with Gasteiger partial charge in [-0.1, -0.05) is 0 Å². The topological polar surface area (TPSA) is 95.5 Å². The van der Waals surface area contributed by atoms with Gasteiger partial charge < -0.3 is 10.5 Å². The van der Waals surface area contributed by atoms with Crippen LogP contribution in [0, 0.1) is 10.1 Å². The molecule has 0 aliphatic heterocycles. The zero-order valence-corrected chi connectivity index (χ0v) is 9.28. The Morgan fingerprint density at radius 1 is 1.60 bits per heavy atom. The van der Waals surface area contributed by atoms with Crippen LogP contribution in [0.3, 0.4) is 0 Å². The van der Waals surface area contributed by atoms with Crippen molar-refractivity contribution in [3.8, 4) is 5.75 Å². The Morgan fingerprint density at radius 2 is 2.20 bits per heavy atom. The lowest BCUT2D eigenvalue weighted by atomic mass is 10.1. The van der Waals surface area contributed by atoms with Crippen LogP contribution >= 0.6 is 15.9 Å². The smallest absolute Gasteiger partial charge is 0.311 e. The highest BCUT2D eigenvalue weighted by Crippen LogP contribution is 2.35. The number of carbonyl (C=O) groups excluding carboxylic acids is 1. The number of nitro benzene ring substituents is 1.